The van der Waals surface area contributed by atoms with Gasteiger partial charge in [0.05, 0.1) is 11.4 Å². The van der Waals surface area contributed by atoms with Crippen molar-refractivity contribution in [3.05, 3.63) is 80.9 Å². The standard InChI is InChI=1S/C17H11F2N3O2S/c18-10-1-5-12(6-2-10)20-9-14-15(23)21-17(25)22(16(14)24)13-7-3-11(19)4-8-13/h1-9,24H,(H,21,23,25). The van der Waals surface area contributed by atoms with Gasteiger partial charge in [-0.1, -0.05) is 0 Å². The molecule has 8 heteroatoms. The summed E-state index contributed by atoms with van der Waals surface area (Å²) >= 11 is 5.06. The molecule has 0 amide bonds. The molecule has 0 spiro atoms. The van der Waals surface area contributed by atoms with Crippen LogP contribution in [0.1, 0.15) is 5.56 Å². The van der Waals surface area contributed by atoms with Crippen LogP contribution in [-0.2, 0) is 0 Å². The van der Waals surface area contributed by atoms with Gasteiger partial charge in [0.25, 0.3) is 5.56 Å². The predicted molar refractivity (Wildman–Crippen MR) is 92.5 cm³/mol. The first kappa shape index (κ1) is 16.7. The SMILES string of the molecule is O=c1[nH]c(=S)n(-c2ccc(F)cc2)c(O)c1C=Nc1ccc(F)cc1. The van der Waals surface area contributed by atoms with Crippen molar-refractivity contribution in [3.63, 3.8) is 0 Å². The fraction of sp³-hybridized carbons (Fsp3) is 0. The molecule has 2 aromatic carbocycles. The molecule has 0 radical (unpaired) electrons. The zero-order chi connectivity index (χ0) is 18.0. The third-order valence-electron chi connectivity index (χ3n) is 3.38. The van der Waals surface area contributed by atoms with Gasteiger partial charge >= 0.3 is 0 Å². The third kappa shape index (κ3) is 3.53. The summed E-state index contributed by atoms with van der Waals surface area (Å²) in [6.07, 6.45) is 1.15. The number of hydrogen-bond acceptors (Lipinski definition) is 4. The molecule has 0 unspecified atom stereocenters. The van der Waals surface area contributed by atoms with Crippen molar-refractivity contribution in [3.8, 4) is 11.6 Å². The molecular formula is C17H11F2N3O2S. The maximum atomic E-state index is 13.1. The lowest BCUT2D eigenvalue weighted by Gasteiger charge is -2.11. The van der Waals surface area contributed by atoms with E-state index in [2.05, 4.69) is 9.98 Å². The smallest absolute Gasteiger partial charge is 0.264 e. The number of aromatic amines is 1. The van der Waals surface area contributed by atoms with Gasteiger partial charge in [-0.2, -0.15) is 0 Å². The zero-order valence-corrected chi connectivity index (χ0v) is 13.4. The number of aliphatic imine (C=N–C) groups is 1. The van der Waals surface area contributed by atoms with Crippen LogP contribution in [0.3, 0.4) is 0 Å². The number of nitrogens with one attached hydrogen (secondary N) is 1. The quantitative estimate of drug-likeness (QED) is 0.554. The minimum Gasteiger partial charge on any atom is -0.494 e. The highest BCUT2D eigenvalue weighted by molar-refractivity contribution is 7.71. The average molecular weight is 359 g/mol. The molecule has 0 atom stereocenters. The summed E-state index contributed by atoms with van der Waals surface area (Å²) in [6, 6.07) is 10.5. The summed E-state index contributed by atoms with van der Waals surface area (Å²) in [4.78, 5) is 18.5. The molecule has 3 rings (SSSR count). The molecule has 2 N–H and O–H groups in total. The van der Waals surface area contributed by atoms with Crippen LogP contribution in [0.2, 0.25) is 0 Å². The lowest BCUT2D eigenvalue weighted by atomic mass is 10.2. The Labute approximate surface area is 145 Å². The van der Waals surface area contributed by atoms with Crippen LogP contribution in [0.25, 0.3) is 5.69 Å². The topological polar surface area (TPSA) is 70.4 Å². The Bertz CT molecular complexity index is 1060. The van der Waals surface area contributed by atoms with Gasteiger partial charge < -0.3 is 5.11 Å². The van der Waals surface area contributed by atoms with Crippen molar-refractivity contribution in [1.29, 1.82) is 0 Å². The Morgan fingerprint density at radius 3 is 2.20 bits per heavy atom. The van der Waals surface area contributed by atoms with Crippen molar-refractivity contribution in [2.75, 3.05) is 0 Å². The maximum Gasteiger partial charge on any atom is 0.264 e. The molecule has 0 aliphatic heterocycles. The molecule has 0 saturated carbocycles. The Kier molecular flexibility index (Phi) is 4.53. The van der Waals surface area contributed by atoms with Crippen LogP contribution in [0, 0.1) is 16.4 Å². The number of rotatable bonds is 3. The van der Waals surface area contributed by atoms with E-state index in [0.717, 1.165) is 6.21 Å². The number of H-pyrrole nitrogens is 1. The van der Waals surface area contributed by atoms with Crippen molar-refractivity contribution >= 4 is 24.1 Å². The normalized spacial score (nSPS) is 11.1. The molecule has 5 nitrogen and oxygen atoms in total. The predicted octanol–water partition coefficient (Wildman–Crippen LogP) is 3.63. The summed E-state index contributed by atoms with van der Waals surface area (Å²) < 4.78 is 27.1. The van der Waals surface area contributed by atoms with Crippen molar-refractivity contribution < 1.29 is 13.9 Å². The van der Waals surface area contributed by atoms with E-state index in [0.29, 0.717) is 11.4 Å². The molecule has 0 aliphatic rings. The summed E-state index contributed by atoms with van der Waals surface area (Å²) in [5.74, 6) is -1.30. The van der Waals surface area contributed by atoms with Crippen molar-refractivity contribution in [2.24, 2.45) is 4.99 Å². The maximum absolute atomic E-state index is 13.1. The highest BCUT2D eigenvalue weighted by Gasteiger charge is 2.12. The molecule has 0 saturated heterocycles. The van der Waals surface area contributed by atoms with E-state index in [1.165, 1.54) is 53.1 Å². The fourth-order valence-electron chi connectivity index (χ4n) is 2.15. The van der Waals surface area contributed by atoms with Gasteiger partial charge in [-0.05, 0) is 60.7 Å². The van der Waals surface area contributed by atoms with E-state index in [-0.39, 0.29) is 10.3 Å². The van der Waals surface area contributed by atoms with E-state index in [1.54, 1.807) is 0 Å². The largest absolute Gasteiger partial charge is 0.494 e. The summed E-state index contributed by atoms with van der Waals surface area (Å²) in [5, 5.41) is 10.4. The van der Waals surface area contributed by atoms with E-state index < -0.39 is 23.1 Å². The lowest BCUT2D eigenvalue weighted by molar-refractivity contribution is 0.432. The number of nitrogens with zero attached hydrogens (tertiary/aromatic N) is 2. The molecule has 0 aliphatic carbocycles. The van der Waals surface area contributed by atoms with Crippen LogP contribution < -0.4 is 5.56 Å². The second-order valence-corrected chi connectivity index (χ2v) is 5.43. The monoisotopic (exact) mass is 359 g/mol. The Balaban J connectivity index is 2.10. The molecule has 1 heterocycles. The highest BCUT2D eigenvalue weighted by Crippen LogP contribution is 2.20. The number of hydrogen-bond donors (Lipinski definition) is 2. The van der Waals surface area contributed by atoms with Gasteiger partial charge in [0.15, 0.2) is 4.77 Å². The summed E-state index contributed by atoms with van der Waals surface area (Å²) in [5.41, 5.74) is 0.00142. The molecule has 3 aromatic rings. The molecule has 0 fully saturated rings. The van der Waals surface area contributed by atoms with Gasteiger partial charge in [0, 0.05) is 6.21 Å². The van der Waals surface area contributed by atoms with E-state index in [4.69, 9.17) is 12.2 Å². The van der Waals surface area contributed by atoms with Gasteiger partial charge in [-0.3, -0.25) is 19.3 Å². The first-order chi connectivity index (χ1) is 12.0. The number of halogens is 2. The van der Waals surface area contributed by atoms with Crippen LogP contribution >= 0.6 is 12.2 Å². The van der Waals surface area contributed by atoms with Gasteiger partial charge in [-0.25, -0.2) is 8.78 Å². The van der Waals surface area contributed by atoms with Gasteiger partial charge in [-0.15, -0.1) is 0 Å². The second-order valence-electron chi connectivity index (χ2n) is 5.04. The Morgan fingerprint density at radius 2 is 1.60 bits per heavy atom. The molecule has 1 aromatic heterocycles. The minimum atomic E-state index is -0.633. The first-order valence-corrected chi connectivity index (χ1v) is 7.50. The van der Waals surface area contributed by atoms with Crippen LogP contribution in [0.4, 0.5) is 14.5 Å². The van der Waals surface area contributed by atoms with E-state index >= 15 is 0 Å². The number of aromatic hydroxyl groups is 1. The lowest BCUT2D eigenvalue weighted by Crippen LogP contribution is -2.18. The molecular weight excluding hydrogens is 348 g/mol. The molecule has 0 bridgehead atoms. The second kappa shape index (κ2) is 6.78. The average Bonchev–Trinajstić information content (AvgIpc) is 2.57. The van der Waals surface area contributed by atoms with Gasteiger partial charge in [0.2, 0.25) is 5.88 Å². The number of aromatic nitrogens is 2. The van der Waals surface area contributed by atoms with Crippen molar-refractivity contribution in [2.45, 2.75) is 0 Å². The highest BCUT2D eigenvalue weighted by atomic mass is 32.1. The molecule has 25 heavy (non-hydrogen) atoms. The summed E-state index contributed by atoms with van der Waals surface area (Å²) in [6.45, 7) is 0. The van der Waals surface area contributed by atoms with Crippen LogP contribution in [0.15, 0.2) is 58.3 Å². The van der Waals surface area contributed by atoms with Gasteiger partial charge in [0.1, 0.15) is 17.2 Å². The first-order valence-electron chi connectivity index (χ1n) is 7.09. The minimum absolute atomic E-state index is 0.0481. The summed E-state index contributed by atoms with van der Waals surface area (Å²) in [7, 11) is 0. The van der Waals surface area contributed by atoms with E-state index in [9.17, 15) is 18.7 Å². The fourth-order valence-corrected chi connectivity index (χ4v) is 2.44. The van der Waals surface area contributed by atoms with Crippen molar-refractivity contribution in [1.82, 2.24) is 9.55 Å². The van der Waals surface area contributed by atoms with Crippen LogP contribution in [0.5, 0.6) is 5.88 Å². The third-order valence-corrected chi connectivity index (χ3v) is 3.66. The number of benzene rings is 2. The Hall–Kier alpha value is -3.13. The zero-order valence-electron chi connectivity index (χ0n) is 12.6. The molecule has 126 valence electrons. The van der Waals surface area contributed by atoms with E-state index in [1.807, 2.05) is 0 Å². The Morgan fingerprint density at radius 1 is 1.04 bits per heavy atom. The van der Waals surface area contributed by atoms with Crippen LogP contribution in [-0.4, -0.2) is 20.9 Å².